The average Bonchev–Trinajstić information content (AvgIpc) is 3.19. The molecule has 2 heterocycles. The van der Waals surface area contributed by atoms with Gasteiger partial charge in [0.1, 0.15) is 0 Å². The van der Waals surface area contributed by atoms with Crippen molar-refractivity contribution in [1.29, 1.82) is 0 Å². The number of carbonyl (C=O) groups excluding carboxylic acids is 1. The van der Waals surface area contributed by atoms with Crippen LogP contribution in [0.5, 0.6) is 11.5 Å². The molecule has 1 N–H and O–H groups in total. The number of ether oxygens (including phenoxy) is 2. The number of thiophene rings is 1. The van der Waals surface area contributed by atoms with Crippen LogP contribution in [0.1, 0.15) is 22.9 Å². The van der Waals surface area contributed by atoms with Crippen LogP contribution in [0.3, 0.4) is 0 Å². The number of benzene rings is 1. The van der Waals surface area contributed by atoms with Gasteiger partial charge in [0.15, 0.2) is 18.1 Å². The molecule has 150 valence electrons. The lowest BCUT2D eigenvalue weighted by Crippen LogP contribution is -2.45. The van der Waals surface area contributed by atoms with Crippen molar-refractivity contribution in [3.05, 3.63) is 58.3 Å². The highest BCUT2D eigenvalue weighted by Gasteiger charge is 2.21. The lowest BCUT2D eigenvalue weighted by Gasteiger charge is -2.32. The van der Waals surface area contributed by atoms with Gasteiger partial charge in [-0.15, -0.1) is 17.9 Å². The zero-order valence-corrected chi connectivity index (χ0v) is 17.4. The molecule has 0 radical (unpaired) electrons. The predicted molar refractivity (Wildman–Crippen MR) is 113 cm³/mol. The van der Waals surface area contributed by atoms with E-state index in [2.05, 4.69) is 35.2 Å². The number of nitrogens with one attached hydrogen (secondary N) is 1. The molecule has 1 aromatic heterocycles. The fourth-order valence-electron chi connectivity index (χ4n) is 3.36. The Morgan fingerprint density at radius 2 is 2.25 bits per heavy atom. The molecule has 3 rings (SSSR count). The van der Waals surface area contributed by atoms with Gasteiger partial charge in [0.05, 0.1) is 7.11 Å². The SMILES string of the molecule is C=CCc1ccc(OCC(=O)NCC(C)N2CCc3sccc3C2)c(OC)c1. The molecular weight excluding hydrogens is 372 g/mol. The number of nitrogens with zero attached hydrogens (tertiary/aromatic N) is 1. The first-order valence-electron chi connectivity index (χ1n) is 9.57. The van der Waals surface area contributed by atoms with Gasteiger partial charge >= 0.3 is 0 Å². The Kier molecular flexibility index (Phi) is 7.12. The highest BCUT2D eigenvalue weighted by atomic mass is 32.1. The Morgan fingerprint density at radius 1 is 1.39 bits per heavy atom. The summed E-state index contributed by atoms with van der Waals surface area (Å²) < 4.78 is 11.0. The van der Waals surface area contributed by atoms with Crippen molar-refractivity contribution in [1.82, 2.24) is 10.2 Å². The molecule has 0 fully saturated rings. The Bertz CT molecular complexity index is 818. The van der Waals surface area contributed by atoms with Crippen LogP contribution in [0.2, 0.25) is 0 Å². The summed E-state index contributed by atoms with van der Waals surface area (Å²) in [5.41, 5.74) is 2.51. The maximum Gasteiger partial charge on any atom is 0.257 e. The molecule has 5 nitrogen and oxygen atoms in total. The summed E-state index contributed by atoms with van der Waals surface area (Å²) >= 11 is 1.84. The Balaban J connectivity index is 1.45. The molecule has 1 atom stereocenters. The lowest BCUT2D eigenvalue weighted by atomic mass is 10.1. The van der Waals surface area contributed by atoms with Crippen LogP contribution in [0.25, 0.3) is 0 Å². The van der Waals surface area contributed by atoms with E-state index in [1.165, 1.54) is 10.4 Å². The van der Waals surface area contributed by atoms with E-state index in [0.717, 1.165) is 31.5 Å². The van der Waals surface area contributed by atoms with Gasteiger partial charge in [-0.25, -0.2) is 0 Å². The molecule has 0 spiro atoms. The summed E-state index contributed by atoms with van der Waals surface area (Å²) in [7, 11) is 1.60. The van der Waals surface area contributed by atoms with Crippen molar-refractivity contribution < 1.29 is 14.3 Å². The third-order valence-corrected chi connectivity index (χ3v) is 6.05. The second kappa shape index (κ2) is 9.75. The summed E-state index contributed by atoms with van der Waals surface area (Å²) in [5.74, 6) is 1.07. The number of rotatable bonds is 9. The quantitative estimate of drug-likeness (QED) is 0.655. The third kappa shape index (κ3) is 5.14. The number of fused-ring (bicyclic) bond motifs is 1. The van der Waals surface area contributed by atoms with Crippen molar-refractivity contribution in [3.8, 4) is 11.5 Å². The van der Waals surface area contributed by atoms with Crippen molar-refractivity contribution in [2.24, 2.45) is 0 Å². The van der Waals surface area contributed by atoms with Crippen molar-refractivity contribution in [2.45, 2.75) is 32.4 Å². The average molecular weight is 401 g/mol. The molecule has 1 aromatic carbocycles. The highest BCUT2D eigenvalue weighted by Crippen LogP contribution is 2.28. The topological polar surface area (TPSA) is 50.8 Å². The molecule has 0 saturated carbocycles. The number of hydrogen-bond acceptors (Lipinski definition) is 5. The summed E-state index contributed by atoms with van der Waals surface area (Å²) in [5, 5.41) is 5.14. The van der Waals surface area contributed by atoms with Crippen molar-refractivity contribution in [2.75, 3.05) is 26.8 Å². The van der Waals surface area contributed by atoms with Gasteiger partial charge in [0.25, 0.3) is 5.91 Å². The van der Waals surface area contributed by atoms with Crippen LogP contribution in [0.4, 0.5) is 0 Å². The molecule has 0 bridgehead atoms. The molecule has 1 aliphatic heterocycles. The van der Waals surface area contributed by atoms with Gasteiger partial charge in [0, 0.05) is 30.6 Å². The summed E-state index contributed by atoms with van der Waals surface area (Å²) in [6.07, 6.45) is 3.69. The second-order valence-corrected chi connectivity index (χ2v) is 8.01. The Hall–Kier alpha value is -2.31. The molecule has 0 aliphatic carbocycles. The van der Waals surface area contributed by atoms with Crippen LogP contribution < -0.4 is 14.8 Å². The standard InChI is InChI=1S/C22H28N2O3S/c1-4-5-17-6-7-19(20(12-17)26-3)27-15-22(25)23-13-16(2)24-10-8-21-18(14-24)9-11-28-21/h4,6-7,9,11-12,16H,1,5,8,10,13-15H2,2-3H3,(H,23,25). The van der Waals surface area contributed by atoms with Crippen molar-refractivity contribution in [3.63, 3.8) is 0 Å². The predicted octanol–water partition coefficient (Wildman–Crippen LogP) is 3.43. The Morgan fingerprint density at radius 3 is 3.04 bits per heavy atom. The van der Waals surface area contributed by atoms with Gasteiger partial charge in [-0.3, -0.25) is 9.69 Å². The van der Waals surface area contributed by atoms with Gasteiger partial charge in [0.2, 0.25) is 0 Å². The summed E-state index contributed by atoms with van der Waals surface area (Å²) in [6, 6.07) is 8.18. The minimum atomic E-state index is -0.127. The lowest BCUT2D eigenvalue weighted by molar-refractivity contribution is -0.123. The highest BCUT2D eigenvalue weighted by molar-refractivity contribution is 7.10. The van der Waals surface area contributed by atoms with Gasteiger partial charge in [-0.2, -0.15) is 0 Å². The van der Waals surface area contributed by atoms with Gasteiger partial charge in [-0.1, -0.05) is 12.1 Å². The largest absolute Gasteiger partial charge is 0.493 e. The molecule has 28 heavy (non-hydrogen) atoms. The number of amides is 1. The van der Waals surface area contributed by atoms with E-state index in [1.807, 2.05) is 35.6 Å². The normalized spacial score (nSPS) is 14.8. The molecule has 1 amide bonds. The van der Waals surface area contributed by atoms with Crippen molar-refractivity contribution >= 4 is 17.2 Å². The van der Waals surface area contributed by atoms with Crippen LogP contribution in [-0.2, 0) is 24.2 Å². The second-order valence-electron chi connectivity index (χ2n) is 7.01. The van der Waals surface area contributed by atoms with E-state index in [0.29, 0.717) is 18.0 Å². The number of hydrogen-bond donors (Lipinski definition) is 1. The van der Waals surface area contributed by atoms with E-state index >= 15 is 0 Å². The summed E-state index contributed by atoms with van der Waals surface area (Å²) in [6.45, 7) is 8.47. The maximum atomic E-state index is 12.2. The fraction of sp³-hybridized carbons (Fsp3) is 0.409. The van der Waals surface area contributed by atoms with Gasteiger partial charge < -0.3 is 14.8 Å². The van der Waals surface area contributed by atoms with Crippen LogP contribution in [-0.4, -0.2) is 43.7 Å². The van der Waals surface area contributed by atoms with E-state index in [9.17, 15) is 4.79 Å². The molecule has 1 unspecified atom stereocenters. The van der Waals surface area contributed by atoms with E-state index < -0.39 is 0 Å². The third-order valence-electron chi connectivity index (χ3n) is 5.02. The first kappa shape index (κ1) is 20.4. The minimum Gasteiger partial charge on any atom is -0.493 e. The van der Waals surface area contributed by atoms with E-state index in [-0.39, 0.29) is 18.6 Å². The summed E-state index contributed by atoms with van der Waals surface area (Å²) in [4.78, 5) is 16.1. The molecule has 0 saturated heterocycles. The number of carbonyl (C=O) groups is 1. The number of allylic oxidation sites excluding steroid dienone is 1. The monoisotopic (exact) mass is 400 g/mol. The van der Waals surface area contributed by atoms with Crippen LogP contribution in [0, 0.1) is 0 Å². The van der Waals surface area contributed by atoms with Gasteiger partial charge in [-0.05, 0) is 54.5 Å². The van der Waals surface area contributed by atoms with Crippen LogP contribution in [0.15, 0.2) is 42.3 Å². The number of methoxy groups -OCH3 is 1. The molecule has 6 heteroatoms. The smallest absolute Gasteiger partial charge is 0.257 e. The zero-order valence-electron chi connectivity index (χ0n) is 16.6. The molecule has 1 aliphatic rings. The minimum absolute atomic E-state index is 0.0292. The Labute approximate surface area is 171 Å². The van der Waals surface area contributed by atoms with Crippen LogP contribution >= 0.6 is 11.3 Å². The maximum absolute atomic E-state index is 12.2. The fourth-order valence-corrected chi connectivity index (χ4v) is 4.25. The molecule has 2 aromatic rings. The van der Waals surface area contributed by atoms with E-state index in [1.54, 1.807) is 7.11 Å². The molecular formula is C22H28N2O3S. The zero-order chi connectivity index (χ0) is 19.9. The van der Waals surface area contributed by atoms with E-state index in [4.69, 9.17) is 9.47 Å². The first-order chi connectivity index (χ1) is 13.6. The first-order valence-corrected chi connectivity index (χ1v) is 10.4.